The molecule has 1 aliphatic heterocycles. The molecule has 1 heterocycles. The highest BCUT2D eigenvalue weighted by Gasteiger charge is 2.39. The summed E-state index contributed by atoms with van der Waals surface area (Å²) < 4.78 is 29.7. The first-order valence-corrected chi connectivity index (χ1v) is 7.83. The van der Waals surface area contributed by atoms with Crippen molar-refractivity contribution < 1.29 is 17.9 Å². The molecule has 6 heteroatoms. The number of ether oxygens (including phenoxy) is 1. The molecule has 20 heavy (non-hydrogen) atoms. The van der Waals surface area contributed by atoms with Crippen molar-refractivity contribution in [3.05, 3.63) is 36.4 Å². The second-order valence-electron chi connectivity index (χ2n) is 4.59. The van der Waals surface area contributed by atoms with Crippen LogP contribution in [0.2, 0.25) is 0 Å². The van der Waals surface area contributed by atoms with Crippen molar-refractivity contribution in [2.75, 3.05) is 20.2 Å². The summed E-state index contributed by atoms with van der Waals surface area (Å²) in [4.78, 5) is 13.3. The second-order valence-corrected chi connectivity index (χ2v) is 6.81. The van der Waals surface area contributed by atoms with E-state index in [2.05, 4.69) is 0 Å². The lowest BCUT2D eigenvalue weighted by Crippen LogP contribution is -2.56. The van der Waals surface area contributed by atoms with Gasteiger partial charge in [0.2, 0.25) is 5.91 Å². The number of carbonyl (C=O) groups is 1. The van der Waals surface area contributed by atoms with Crippen molar-refractivity contribution in [1.29, 1.82) is 0 Å². The molecule has 0 bridgehead atoms. The molecule has 1 aromatic carbocycles. The average Bonchev–Trinajstić information content (AvgIpc) is 2.37. The molecule has 0 saturated carbocycles. The minimum Gasteiger partial charge on any atom is -0.497 e. The van der Waals surface area contributed by atoms with Gasteiger partial charge in [0.15, 0.2) is 9.84 Å². The van der Waals surface area contributed by atoms with E-state index in [0.29, 0.717) is 5.75 Å². The van der Waals surface area contributed by atoms with Crippen LogP contribution in [0.4, 0.5) is 0 Å². The number of allylic oxidation sites excluding steroid dienone is 1. The van der Waals surface area contributed by atoms with Crippen LogP contribution >= 0.6 is 0 Å². The number of sulfone groups is 1. The van der Waals surface area contributed by atoms with Crippen molar-refractivity contribution >= 4 is 15.7 Å². The fraction of sp³-hybridized carbons (Fsp3) is 0.357. The lowest BCUT2D eigenvalue weighted by Gasteiger charge is -2.38. The van der Waals surface area contributed by atoms with Gasteiger partial charge in [-0.2, -0.15) is 0 Å². The maximum atomic E-state index is 12.3. The minimum absolute atomic E-state index is 0.145. The molecule has 108 valence electrons. The Kier molecular flexibility index (Phi) is 4.13. The standard InChI is InChI=1S/C14H17NO4S/c1-3-4-14(16)15-9-13(10-15)20(17,18)12-7-5-11(19-2)6-8-12/h3-8,13H,9-10H2,1-2H3/b4-3+. The topological polar surface area (TPSA) is 63.7 Å². The Balaban J connectivity index is 2.07. The highest BCUT2D eigenvalue weighted by molar-refractivity contribution is 7.92. The van der Waals surface area contributed by atoms with Crippen molar-refractivity contribution in [2.24, 2.45) is 0 Å². The second kappa shape index (κ2) is 5.66. The van der Waals surface area contributed by atoms with Gasteiger partial charge in [-0.25, -0.2) is 8.42 Å². The van der Waals surface area contributed by atoms with E-state index in [0.717, 1.165) is 0 Å². The summed E-state index contributed by atoms with van der Waals surface area (Å²) in [6.07, 6.45) is 3.09. The van der Waals surface area contributed by atoms with E-state index in [-0.39, 0.29) is 23.9 Å². The number of nitrogens with zero attached hydrogens (tertiary/aromatic N) is 1. The van der Waals surface area contributed by atoms with Crippen molar-refractivity contribution in [1.82, 2.24) is 4.90 Å². The van der Waals surface area contributed by atoms with Crippen LogP contribution in [0.1, 0.15) is 6.92 Å². The van der Waals surface area contributed by atoms with Gasteiger partial charge < -0.3 is 9.64 Å². The van der Waals surface area contributed by atoms with Gasteiger partial charge in [-0.05, 0) is 37.3 Å². The zero-order valence-corrected chi connectivity index (χ0v) is 12.3. The van der Waals surface area contributed by atoms with Gasteiger partial charge in [0.05, 0.1) is 12.0 Å². The average molecular weight is 295 g/mol. The molecule has 0 N–H and O–H groups in total. The predicted octanol–water partition coefficient (Wildman–Crippen LogP) is 1.26. The van der Waals surface area contributed by atoms with Crippen LogP contribution in [0, 0.1) is 0 Å². The summed E-state index contributed by atoms with van der Waals surface area (Å²) in [5.41, 5.74) is 0. The van der Waals surface area contributed by atoms with Crippen molar-refractivity contribution in [2.45, 2.75) is 17.1 Å². The maximum Gasteiger partial charge on any atom is 0.246 e. The van der Waals surface area contributed by atoms with E-state index in [1.54, 1.807) is 25.1 Å². The molecule has 0 spiro atoms. The summed E-state index contributed by atoms with van der Waals surface area (Å²) in [6, 6.07) is 6.30. The van der Waals surface area contributed by atoms with Gasteiger partial charge in [-0.1, -0.05) is 6.08 Å². The summed E-state index contributed by atoms with van der Waals surface area (Å²) in [5.74, 6) is 0.469. The predicted molar refractivity (Wildman–Crippen MR) is 75.4 cm³/mol. The number of hydrogen-bond acceptors (Lipinski definition) is 4. The first kappa shape index (κ1) is 14.6. The number of likely N-dealkylation sites (tertiary alicyclic amines) is 1. The van der Waals surface area contributed by atoms with Crippen LogP contribution in [0.3, 0.4) is 0 Å². The maximum absolute atomic E-state index is 12.3. The van der Waals surface area contributed by atoms with Gasteiger partial charge in [0, 0.05) is 13.1 Å². The summed E-state index contributed by atoms with van der Waals surface area (Å²) in [7, 11) is -1.85. The van der Waals surface area contributed by atoms with Crippen LogP contribution in [0.25, 0.3) is 0 Å². The molecule has 1 amide bonds. The molecule has 0 aliphatic carbocycles. The highest BCUT2D eigenvalue weighted by atomic mass is 32.2. The molecule has 0 atom stereocenters. The van der Waals surface area contributed by atoms with Crippen molar-refractivity contribution in [3.8, 4) is 5.75 Å². The first-order chi connectivity index (χ1) is 9.48. The van der Waals surface area contributed by atoms with Crippen LogP contribution in [0.5, 0.6) is 5.75 Å². The molecule has 0 unspecified atom stereocenters. The third kappa shape index (κ3) is 2.70. The lowest BCUT2D eigenvalue weighted by atomic mass is 10.2. The molecule has 1 fully saturated rings. The number of methoxy groups -OCH3 is 1. The fourth-order valence-corrected chi connectivity index (χ4v) is 3.67. The highest BCUT2D eigenvalue weighted by Crippen LogP contribution is 2.25. The minimum atomic E-state index is -3.38. The molecule has 0 radical (unpaired) electrons. The number of carbonyl (C=O) groups excluding carboxylic acids is 1. The summed E-state index contributed by atoms with van der Waals surface area (Å²) in [5, 5.41) is -0.523. The Bertz CT molecular complexity index is 613. The SMILES string of the molecule is C/C=C/C(=O)N1CC(S(=O)(=O)c2ccc(OC)cc2)C1. The van der Waals surface area contributed by atoms with E-state index in [1.807, 2.05) is 0 Å². The number of amides is 1. The molecule has 2 rings (SSSR count). The number of rotatable bonds is 4. The van der Waals surface area contributed by atoms with Gasteiger partial charge in [0.1, 0.15) is 11.0 Å². The van der Waals surface area contributed by atoms with Crippen LogP contribution in [-0.2, 0) is 14.6 Å². The zero-order chi connectivity index (χ0) is 14.8. The molecular weight excluding hydrogens is 278 g/mol. The Morgan fingerprint density at radius 2 is 1.90 bits per heavy atom. The quantitative estimate of drug-likeness (QED) is 0.784. The van der Waals surface area contributed by atoms with Gasteiger partial charge in [0.25, 0.3) is 0 Å². The fourth-order valence-electron chi connectivity index (χ4n) is 2.02. The van der Waals surface area contributed by atoms with Crippen LogP contribution in [-0.4, -0.2) is 44.7 Å². The van der Waals surface area contributed by atoms with Gasteiger partial charge >= 0.3 is 0 Å². The molecule has 1 aromatic rings. The molecule has 5 nitrogen and oxygen atoms in total. The number of benzene rings is 1. The zero-order valence-electron chi connectivity index (χ0n) is 11.4. The summed E-state index contributed by atoms with van der Waals surface area (Å²) >= 11 is 0. The van der Waals surface area contributed by atoms with E-state index >= 15 is 0 Å². The van der Waals surface area contributed by atoms with Crippen LogP contribution in [0.15, 0.2) is 41.3 Å². The Labute approximate surface area is 118 Å². The summed E-state index contributed by atoms with van der Waals surface area (Å²) in [6.45, 7) is 2.25. The molecule has 0 aromatic heterocycles. The molecule has 1 aliphatic rings. The van der Waals surface area contributed by atoms with Gasteiger partial charge in [-0.15, -0.1) is 0 Å². The van der Waals surface area contributed by atoms with Crippen LogP contribution < -0.4 is 4.74 Å². The van der Waals surface area contributed by atoms with Crippen molar-refractivity contribution in [3.63, 3.8) is 0 Å². The monoisotopic (exact) mass is 295 g/mol. The first-order valence-electron chi connectivity index (χ1n) is 6.28. The molecule has 1 saturated heterocycles. The largest absolute Gasteiger partial charge is 0.497 e. The number of hydrogen-bond donors (Lipinski definition) is 0. The third-order valence-electron chi connectivity index (χ3n) is 3.30. The third-order valence-corrected chi connectivity index (χ3v) is 5.40. The smallest absolute Gasteiger partial charge is 0.246 e. The van der Waals surface area contributed by atoms with E-state index < -0.39 is 15.1 Å². The Morgan fingerprint density at radius 3 is 2.40 bits per heavy atom. The van der Waals surface area contributed by atoms with Gasteiger partial charge in [-0.3, -0.25) is 4.79 Å². The van der Waals surface area contributed by atoms with E-state index in [4.69, 9.17) is 4.74 Å². The Hall–Kier alpha value is -1.82. The normalized spacial score (nSPS) is 16.2. The Morgan fingerprint density at radius 1 is 1.30 bits per heavy atom. The molecular formula is C14H17NO4S. The lowest BCUT2D eigenvalue weighted by molar-refractivity contribution is -0.129. The van der Waals surface area contributed by atoms with E-state index in [1.165, 1.54) is 30.2 Å². The van der Waals surface area contributed by atoms with E-state index in [9.17, 15) is 13.2 Å².